The first kappa shape index (κ1) is 9.51. The quantitative estimate of drug-likeness (QED) is 0.315. The molecule has 0 aliphatic carbocycles. The van der Waals surface area contributed by atoms with Gasteiger partial charge < -0.3 is 10.9 Å². The molecule has 0 aromatic heterocycles. The summed E-state index contributed by atoms with van der Waals surface area (Å²) in [5, 5.41) is 11.2. The molecule has 4 heteroatoms. The summed E-state index contributed by atoms with van der Waals surface area (Å²) in [7, 11) is 0. The maximum atomic E-state index is 13.0. The maximum absolute atomic E-state index is 13.0. The Balaban J connectivity index is 3.13. The van der Waals surface area contributed by atoms with Gasteiger partial charge in [-0.15, -0.1) is 0 Å². The average molecular weight is 182 g/mol. The van der Waals surface area contributed by atoms with Crippen molar-refractivity contribution in [3.63, 3.8) is 0 Å². The molecule has 0 aliphatic heterocycles. The van der Waals surface area contributed by atoms with Crippen LogP contribution in [0.5, 0.6) is 0 Å². The van der Waals surface area contributed by atoms with E-state index < -0.39 is 0 Å². The third kappa shape index (κ3) is 1.96. The van der Waals surface area contributed by atoms with Gasteiger partial charge in [0.15, 0.2) is 5.84 Å². The van der Waals surface area contributed by atoms with Crippen LogP contribution < -0.4 is 5.73 Å². The van der Waals surface area contributed by atoms with E-state index in [-0.39, 0.29) is 11.7 Å². The van der Waals surface area contributed by atoms with Gasteiger partial charge in [-0.05, 0) is 30.2 Å². The van der Waals surface area contributed by atoms with E-state index >= 15 is 0 Å². The predicted molar refractivity (Wildman–Crippen MR) is 48.3 cm³/mol. The summed E-state index contributed by atoms with van der Waals surface area (Å²) in [6.07, 6.45) is 0.582. The molecule has 0 unspecified atom stereocenters. The number of nitrogens with zero attached hydrogens (tertiary/aromatic N) is 1. The number of hydrogen-bond donors (Lipinski definition) is 2. The first-order chi connectivity index (χ1) is 6.19. The minimum absolute atomic E-state index is 0.00491. The standard InChI is InChI=1S/C9H11FN2O/c1-2-6-5-7(9(11)12-13)3-4-8(6)10/h3-5,13H,2H2,1H3,(H2,11,12). The molecule has 1 aromatic rings. The van der Waals surface area contributed by atoms with Crippen molar-refractivity contribution in [2.24, 2.45) is 10.9 Å². The zero-order valence-electron chi connectivity index (χ0n) is 7.29. The summed E-state index contributed by atoms with van der Waals surface area (Å²) in [5.74, 6) is -0.272. The van der Waals surface area contributed by atoms with Crippen molar-refractivity contribution in [3.8, 4) is 0 Å². The zero-order chi connectivity index (χ0) is 9.84. The van der Waals surface area contributed by atoms with Crippen LogP contribution >= 0.6 is 0 Å². The van der Waals surface area contributed by atoms with Crippen LogP contribution in [0.2, 0.25) is 0 Å². The monoisotopic (exact) mass is 182 g/mol. The van der Waals surface area contributed by atoms with Crippen molar-refractivity contribution < 1.29 is 9.60 Å². The lowest BCUT2D eigenvalue weighted by molar-refractivity contribution is 0.318. The van der Waals surface area contributed by atoms with Gasteiger partial charge >= 0.3 is 0 Å². The van der Waals surface area contributed by atoms with Gasteiger partial charge in [-0.2, -0.15) is 0 Å². The highest BCUT2D eigenvalue weighted by atomic mass is 19.1. The van der Waals surface area contributed by atoms with Crippen LogP contribution in [0.15, 0.2) is 23.4 Å². The molecular weight excluding hydrogens is 171 g/mol. The lowest BCUT2D eigenvalue weighted by atomic mass is 10.1. The fourth-order valence-corrected chi connectivity index (χ4v) is 1.06. The Morgan fingerprint density at radius 2 is 2.31 bits per heavy atom. The van der Waals surface area contributed by atoms with Gasteiger partial charge in [-0.1, -0.05) is 12.1 Å². The molecule has 1 rings (SSSR count). The van der Waals surface area contributed by atoms with E-state index in [0.29, 0.717) is 17.5 Å². The summed E-state index contributed by atoms with van der Waals surface area (Å²) in [4.78, 5) is 0. The Labute approximate surface area is 75.7 Å². The molecule has 0 bridgehead atoms. The summed E-state index contributed by atoms with van der Waals surface area (Å²) in [5.41, 5.74) is 6.43. The predicted octanol–water partition coefficient (Wildman–Crippen LogP) is 1.48. The Bertz CT molecular complexity index is 336. The molecule has 0 heterocycles. The van der Waals surface area contributed by atoms with Crippen LogP contribution in [-0.4, -0.2) is 11.0 Å². The van der Waals surface area contributed by atoms with Crippen LogP contribution in [0.1, 0.15) is 18.1 Å². The van der Waals surface area contributed by atoms with Crippen LogP contribution in [0, 0.1) is 5.82 Å². The number of rotatable bonds is 2. The number of oxime groups is 1. The van der Waals surface area contributed by atoms with Crippen LogP contribution in [-0.2, 0) is 6.42 Å². The van der Waals surface area contributed by atoms with Gasteiger partial charge in [-0.25, -0.2) is 4.39 Å². The molecule has 0 aliphatic rings. The molecule has 1 aromatic carbocycles. The Morgan fingerprint density at radius 1 is 1.62 bits per heavy atom. The fraction of sp³-hybridized carbons (Fsp3) is 0.222. The second-order valence-corrected chi connectivity index (χ2v) is 2.64. The molecule has 0 atom stereocenters. The topological polar surface area (TPSA) is 58.6 Å². The van der Waals surface area contributed by atoms with Crippen molar-refractivity contribution in [1.82, 2.24) is 0 Å². The highest BCUT2D eigenvalue weighted by molar-refractivity contribution is 5.97. The molecule has 0 spiro atoms. The van der Waals surface area contributed by atoms with E-state index in [4.69, 9.17) is 10.9 Å². The van der Waals surface area contributed by atoms with Gasteiger partial charge in [-0.3, -0.25) is 0 Å². The zero-order valence-corrected chi connectivity index (χ0v) is 7.29. The first-order valence-electron chi connectivity index (χ1n) is 3.95. The number of amidine groups is 1. The smallest absolute Gasteiger partial charge is 0.170 e. The summed E-state index contributed by atoms with van der Waals surface area (Å²) in [6, 6.07) is 4.36. The molecule has 0 radical (unpaired) electrons. The molecule has 3 nitrogen and oxygen atoms in total. The van der Waals surface area contributed by atoms with Crippen molar-refractivity contribution in [2.45, 2.75) is 13.3 Å². The second-order valence-electron chi connectivity index (χ2n) is 2.64. The highest BCUT2D eigenvalue weighted by Crippen LogP contribution is 2.10. The van der Waals surface area contributed by atoms with Crippen LogP contribution in [0.3, 0.4) is 0 Å². The highest BCUT2D eigenvalue weighted by Gasteiger charge is 2.04. The normalized spacial score (nSPS) is 11.7. The molecule has 0 fully saturated rings. The minimum atomic E-state index is -0.267. The summed E-state index contributed by atoms with van der Waals surface area (Å²) >= 11 is 0. The van der Waals surface area contributed by atoms with E-state index in [2.05, 4.69) is 5.16 Å². The van der Waals surface area contributed by atoms with E-state index in [0.717, 1.165) is 0 Å². The lowest BCUT2D eigenvalue weighted by Crippen LogP contribution is -2.13. The number of nitrogens with two attached hydrogens (primary N) is 1. The van der Waals surface area contributed by atoms with Gasteiger partial charge in [0.05, 0.1) is 0 Å². The molecule has 13 heavy (non-hydrogen) atoms. The number of hydrogen-bond acceptors (Lipinski definition) is 2. The Hall–Kier alpha value is -1.58. The number of aryl methyl sites for hydroxylation is 1. The molecule has 0 saturated heterocycles. The van der Waals surface area contributed by atoms with E-state index in [1.165, 1.54) is 12.1 Å². The second kappa shape index (κ2) is 3.89. The molecule has 0 amide bonds. The van der Waals surface area contributed by atoms with Gasteiger partial charge in [0, 0.05) is 5.56 Å². The first-order valence-corrected chi connectivity index (χ1v) is 3.95. The Morgan fingerprint density at radius 3 is 2.85 bits per heavy atom. The summed E-state index contributed by atoms with van der Waals surface area (Å²) < 4.78 is 13.0. The minimum Gasteiger partial charge on any atom is -0.409 e. The average Bonchev–Trinajstić information content (AvgIpc) is 2.17. The Kier molecular flexibility index (Phi) is 2.84. The largest absolute Gasteiger partial charge is 0.409 e. The van der Waals surface area contributed by atoms with Crippen molar-refractivity contribution in [1.29, 1.82) is 0 Å². The fourth-order valence-electron chi connectivity index (χ4n) is 1.06. The third-order valence-electron chi connectivity index (χ3n) is 1.83. The number of halogens is 1. The maximum Gasteiger partial charge on any atom is 0.170 e. The molecule has 70 valence electrons. The molecular formula is C9H11FN2O. The number of benzene rings is 1. The van der Waals surface area contributed by atoms with Gasteiger partial charge in [0.25, 0.3) is 0 Å². The molecule has 0 saturated carbocycles. The van der Waals surface area contributed by atoms with Crippen molar-refractivity contribution >= 4 is 5.84 Å². The van der Waals surface area contributed by atoms with E-state index in [1.807, 2.05) is 6.92 Å². The summed E-state index contributed by atoms with van der Waals surface area (Å²) in [6.45, 7) is 1.84. The van der Waals surface area contributed by atoms with Gasteiger partial charge in [0.2, 0.25) is 0 Å². The van der Waals surface area contributed by atoms with E-state index in [9.17, 15) is 4.39 Å². The van der Waals surface area contributed by atoms with Crippen molar-refractivity contribution in [3.05, 3.63) is 35.1 Å². The van der Waals surface area contributed by atoms with Crippen LogP contribution in [0.25, 0.3) is 0 Å². The molecule has 3 N–H and O–H groups in total. The third-order valence-corrected chi connectivity index (χ3v) is 1.83. The SMILES string of the molecule is CCc1cc(C(N)=NO)ccc1F. The van der Waals surface area contributed by atoms with Gasteiger partial charge in [0.1, 0.15) is 5.82 Å². The lowest BCUT2D eigenvalue weighted by Gasteiger charge is -2.02. The van der Waals surface area contributed by atoms with Crippen molar-refractivity contribution in [2.75, 3.05) is 0 Å². The van der Waals surface area contributed by atoms with E-state index in [1.54, 1.807) is 6.07 Å². The van der Waals surface area contributed by atoms with Crippen LogP contribution in [0.4, 0.5) is 4.39 Å².